The molecule has 0 saturated heterocycles. The molecule has 0 N–H and O–H groups in total. The van der Waals surface area contributed by atoms with Gasteiger partial charge in [-0.05, 0) is 58.8 Å². The van der Waals surface area contributed by atoms with Gasteiger partial charge in [-0.15, -0.1) is 48.1 Å². The van der Waals surface area contributed by atoms with Gasteiger partial charge in [-0.25, -0.2) is 9.83 Å². The zero-order valence-corrected chi connectivity index (χ0v) is 28.9. The van der Waals surface area contributed by atoms with E-state index in [9.17, 15) is 0 Å². The van der Waals surface area contributed by atoms with Gasteiger partial charge >= 0.3 is 0 Å². The average Bonchev–Trinajstić information content (AvgIpc) is 3.64. The molecule has 8 rings (SSSR count). The van der Waals surface area contributed by atoms with Gasteiger partial charge in [0.1, 0.15) is 5.82 Å². The second-order valence-corrected chi connectivity index (χ2v) is 12.6. The molecule has 0 saturated carbocycles. The molecule has 0 aliphatic carbocycles. The molecule has 238 valence electrons. The summed E-state index contributed by atoms with van der Waals surface area (Å²) in [6.45, 7) is 16.1. The van der Waals surface area contributed by atoms with Crippen LogP contribution in [-0.2, 0) is 26.5 Å². The smallest absolute Gasteiger partial charge is 0.189 e. The van der Waals surface area contributed by atoms with E-state index in [-0.39, 0.29) is 26.5 Å². The Balaban J connectivity index is 0.00000364. The Morgan fingerprint density at radius 1 is 0.750 bits per heavy atom. The van der Waals surface area contributed by atoms with E-state index in [1.807, 2.05) is 73.5 Å². The predicted molar refractivity (Wildman–Crippen MR) is 189 cm³/mol. The molecular formula is C41H30N5OPt-3. The van der Waals surface area contributed by atoms with E-state index in [0.717, 1.165) is 50.4 Å². The molecule has 5 aromatic carbocycles. The van der Waals surface area contributed by atoms with Crippen LogP contribution in [0.5, 0.6) is 11.5 Å². The average molecular weight is 804 g/mol. The first-order valence-electron chi connectivity index (χ1n) is 15.5. The van der Waals surface area contributed by atoms with Crippen molar-refractivity contribution >= 4 is 50.2 Å². The molecule has 0 amide bonds. The summed E-state index contributed by atoms with van der Waals surface area (Å²) >= 11 is 0. The monoisotopic (exact) mass is 803 g/mol. The van der Waals surface area contributed by atoms with Gasteiger partial charge < -0.3 is 19.1 Å². The van der Waals surface area contributed by atoms with E-state index >= 15 is 0 Å². The fraction of sp³-hybridized carbons (Fsp3) is 0.0976. The van der Waals surface area contributed by atoms with Crippen molar-refractivity contribution in [2.75, 3.05) is 9.80 Å². The first kappa shape index (κ1) is 31.2. The molecule has 1 aliphatic rings. The van der Waals surface area contributed by atoms with Crippen LogP contribution < -0.4 is 14.5 Å². The standard InChI is InChI=1S/C41H30N5O.Pt/c1-41(2,3)28-21-22-43-40(23-28)46-36-16-6-5-15-34(36)35-20-19-33(26-39(35)46)47-32-14-10-13-31(25-32)45-27-44(37-17-7-8-18-38(37)45)30-12-9-11-29(24-30)42-4;/h5-24,27H,1-3H3;/q-3;. The number of anilines is 4. The molecule has 6 nitrogen and oxygen atoms in total. The summed E-state index contributed by atoms with van der Waals surface area (Å²) in [4.78, 5) is 12.6. The Labute approximate surface area is 294 Å². The van der Waals surface area contributed by atoms with Gasteiger partial charge in [-0.2, -0.15) is 12.1 Å². The summed E-state index contributed by atoms with van der Waals surface area (Å²) in [7, 11) is 0. The summed E-state index contributed by atoms with van der Waals surface area (Å²) in [6, 6.07) is 45.4. The summed E-state index contributed by atoms with van der Waals surface area (Å²) in [6.07, 6.45) is 1.88. The molecule has 2 aromatic heterocycles. The summed E-state index contributed by atoms with van der Waals surface area (Å²) < 4.78 is 8.62. The summed E-state index contributed by atoms with van der Waals surface area (Å²) in [5.74, 6) is 2.01. The van der Waals surface area contributed by atoms with Crippen molar-refractivity contribution in [3.05, 3.63) is 157 Å². The molecule has 7 heteroatoms. The van der Waals surface area contributed by atoms with Crippen LogP contribution in [0.25, 0.3) is 32.5 Å². The van der Waals surface area contributed by atoms with E-state index in [0.29, 0.717) is 17.2 Å². The van der Waals surface area contributed by atoms with Gasteiger partial charge in [-0.3, -0.25) is 0 Å². The predicted octanol–water partition coefficient (Wildman–Crippen LogP) is 10.8. The summed E-state index contributed by atoms with van der Waals surface area (Å²) in [5.41, 5.74) is 7.54. The van der Waals surface area contributed by atoms with Crippen molar-refractivity contribution < 1.29 is 25.8 Å². The zero-order valence-electron chi connectivity index (χ0n) is 26.6. The number of fused-ring (bicyclic) bond motifs is 4. The normalized spacial score (nSPS) is 12.5. The number of hydrogen-bond acceptors (Lipinski definition) is 4. The van der Waals surface area contributed by atoms with Gasteiger partial charge in [0, 0.05) is 61.3 Å². The first-order chi connectivity index (χ1) is 22.9. The molecule has 0 atom stereocenters. The minimum Gasteiger partial charge on any atom is -0.509 e. The van der Waals surface area contributed by atoms with Crippen molar-refractivity contribution in [3.63, 3.8) is 0 Å². The maximum atomic E-state index is 7.46. The number of nitrogens with zero attached hydrogens (tertiary/aromatic N) is 5. The van der Waals surface area contributed by atoms with Crippen LogP contribution in [0.2, 0.25) is 0 Å². The Bertz CT molecular complexity index is 2350. The molecule has 0 spiro atoms. The van der Waals surface area contributed by atoms with Gasteiger partial charge in [0.05, 0.1) is 6.57 Å². The maximum absolute atomic E-state index is 7.46. The second-order valence-electron chi connectivity index (χ2n) is 12.6. The second kappa shape index (κ2) is 12.3. The third kappa shape index (κ3) is 5.51. The minimum atomic E-state index is -0.0125. The van der Waals surface area contributed by atoms with Crippen LogP contribution in [0, 0.1) is 25.4 Å². The molecule has 0 bridgehead atoms. The molecule has 7 aromatic rings. The van der Waals surface area contributed by atoms with E-state index < -0.39 is 0 Å². The van der Waals surface area contributed by atoms with Gasteiger partial charge in [-0.1, -0.05) is 68.8 Å². The van der Waals surface area contributed by atoms with E-state index in [2.05, 4.69) is 107 Å². The largest absolute Gasteiger partial charge is 0.509 e. The third-order valence-electron chi connectivity index (χ3n) is 8.50. The molecule has 3 heterocycles. The van der Waals surface area contributed by atoms with Gasteiger partial charge in [0.25, 0.3) is 0 Å². The van der Waals surface area contributed by atoms with Crippen molar-refractivity contribution in [1.29, 1.82) is 0 Å². The van der Waals surface area contributed by atoms with E-state index in [1.54, 1.807) is 0 Å². The van der Waals surface area contributed by atoms with Crippen LogP contribution >= 0.6 is 0 Å². The third-order valence-corrected chi connectivity index (χ3v) is 8.50. The van der Waals surface area contributed by atoms with Crippen LogP contribution in [0.15, 0.2) is 121 Å². The molecule has 0 unspecified atom stereocenters. The number of pyridine rings is 1. The van der Waals surface area contributed by atoms with Crippen LogP contribution in [0.1, 0.15) is 26.3 Å². The van der Waals surface area contributed by atoms with Gasteiger partial charge in [0.2, 0.25) is 0 Å². The number of para-hydroxylation sites is 3. The number of aromatic nitrogens is 2. The molecular weight excluding hydrogens is 774 g/mol. The number of benzene rings is 5. The fourth-order valence-electron chi connectivity index (χ4n) is 6.16. The molecule has 0 radical (unpaired) electrons. The quantitative estimate of drug-likeness (QED) is 0.163. The first-order valence-corrected chi connectivity index (χ1v) is 15.5. The molecule has 48 heavy (non-hydrogen) atoms. The molecule has 0 fully saturated rings. The Morgan fingerprint density at radius 2 is 1.50 bits per heavy atom. The number of rotatable bonds is 5. The fourth-order valence-corrected chi connectivity index (χ4v) is 6.16. The van der Waals surface area contributed by atoms with Crippen LogP contribution in [-0.4, -0.2) is 9.55 Å². The van der Waals surface area contributed by atoms with Crippen LogP contribution in [0.3, 0.4) is 0 Å². The minimum absolute atomic E-state index is 0. The van der Waals surface area contributed by atoms with Crippen molar-refractivity contribution in [1.82, 2.24) is 9.55 Å². The van der Waals surface area contributed by atoms with Gasteiger partial charge in [0.15, 0.2) is 5.69 Å². The van der Waals surface area contributed by atoms with Crippen molar-refractivity contribution in [2.45, 2.75) is 26.2 Å². The molecule has 1 aliphatic heterocycles. The number of hydrogen-bond donors (Lipinski definition) is 0. The zero-order chi connectivity index (χ0) is 32.1. The van der Waals surface area contributed by atoms with Crippen molar-refractivity contribution in [2.24, 2.45) is 0 Å². The number of ether oxygens (including phenoxy) is 1. The van der Waals surface area contributed by atoms with E-state index in [1.165, 1.54) is 5.56 Å². The Kier molecular flexibility index (Phi) is 8.03. The Morgan fingerprint density at radius 3 is 2.31 bits per heavy atom. The van der Waals surface area contributed by atoms with Crippen LogP contribution in [0.4, 0.5) is 28.4 Å². The summed E-state index contributed by atoms with van der Waals surface area (Å²) in [5, 5.41) is 2.22. The topological polar surface area (TPSA) is 37.9 Å². The SMILES string of the molecule is [C-]#[N+]c1cccc(N2[CH-]N(c3[c-]c(Oc4[c-]c5c(cc4)c4ccccc4n5-c4cc(C(C)(C)C)ccn4)ccc3)c3ccccc32)c1.[Pt]. The van der Waals surface area contributed by atoms with Crippen molar-refractivity contribution in [3.8, 4) is 17.3 Å². The Hall–Kier alpha value is -5.37. The maximum Gasteiger partial charge on any atom is 0.189 e. The van der Waals surface area contributed by atoms with E-state index in [4.69, 9.17) is 16.3 Å².